The van der Waals surface area contributed by atoms with Gasteiger partial charge in [0.2, 0.25) is 10.0 Å². The highest BCUT2D eigenvalue weighted by atomic mass is 32.2. The molecule has 2 rings (SSSR count). The molecule has 2 heterocycles. The van der Waals surface area contributed by atoms with Gasteiger partial charge in [-0.25, -0.2) is 13.1 Å². The van der Waals surface area contributed by atoms with Crippen LogP contribution in [0, 0.1) is 0 Å². The highest BCUT2D eigenvalue weighted by Crippen LogP contribution is 2.27. The minimum Gasteiger partial charge on any atom is -0.377 e. The molecule has 1 unspecified atom stereocenters. The molecule has 0 aliphatic carbocycles. The molecule has 9 heteroatoms. The van der Waals surface area contributed by atoms with Gasteiger partial charge in [-0.15, -0.1) is 11.3 Å². The van der Waals surface area contributed by atoms with Crippen LogP contribution in [-0.2, 0) is 20.2 Å². The van der Waals surface area contributed by atoms with Crippen LogP contribution >= 0.6 is 11.3 Å². The minimum absolute atomic E-state index is 0.00154. The number of nitrogens with one attached hydrogen (secondary N) is 3. The van der Waals surface area contributed by atoms with Crippen molar-refractivity contribution in [2.24, 2.45) is 4.99 Å². The van der Waals surface area contributed by atoms with Gasteiger partial charge in [0.1, 0.15) is 0 Å². The minimum atomic E-state index is -3.34. The number of ether oxygens (including phenoxy) is 1. The summed E-state index contributed by atoms with van der Waals surface area (Å²) in [4.78, 5) is 5.93. The standard InChI is InChI=1S/C19H34N4O3S2/c1-4-20-18(22-15-19(2,3)17-9-7-12-27-17)21-10-13-28(24,25)23-14-16-8-5-6-11-26-16/h7,9,12,16,23H,4-6,8,10-11,13-15H2,1-3H3,(H2,20,21,22). The molecule has 3 N–H and O–H groups in total. The number of sulfonamides is 1. The number of rotatable bonds is 10. The van der Waals surface area contributed by atoms with Crippen molar-refractivity contribution >= 4 is 27.3 Å². The Labute approximate surface area is 173 Å². The van der Waals surface area contributed by atoms with Crippen LogP contribution in [0.25, 0.3) is 0 Å². The Balaban J connectivity index is 1.79. The van der Waals surface area contributed by atoms with Crippen LogP contribution in [0.5, 0.6) is 0 Å². The first-order valence-corrected chi connectivity index (χ1v) is 12.5. The average Bonchev–Trinajstić information content (AvgIpc) is 3.21. The third kappa shape index (κ3) is 8.06. The number of thiophene rings is 1. The van der Waals surface area contributed by atoms with Crippen molar-refractivity contribution in [3.63, 3.8) is 0 Å². The van der Waals surface area contributed by atoms with Crippen molar-refractivity contribution < 1.29 is 13.2 Å². The van der Waals surface area contributed by atoms with E-state index in [1.54, 1.807) is 11.3 Å². The van der Waals surface area contributed by atoms with Crippen molar-refractivity contribution in [1.29, 1.82) is 0 Å². The van der Waals surface area contributed by atoms with Gasteiger partial charge >= 0.3 is 0 Å². The number of aliphatic imine (C=N–C) groups is 1. The van der Waals surface area contributed by atoms with E-state index in [0.717, 1.165) is 32.4 Å². The van der Waals surface area contributed by atoms with Crippen molar-refractivity contribution in [3.05, 3.63) is 22.4 Å². The molecule has 0 spiro atoms. The number of hydrogen-bond donors (Lipinski definition) is 3. The van der Waals surface area contributed by atoms with E-state index < -0.39 is 10.0 Å². The molecule has 7 nitrogen and oxygen atoms in total. The van der Waals surface area contributed by atoms with Gasteiger partial charge in [0.05, 0.1) is 18.4 Å². The van der Waals surface area contributed by atoms with Crippen LogP contribution in [0.3, 0.4) is 0 Å². The third-order valence-electron chi connectivity index (χ3n) is 4.63. The fraction of sp³-hybridized carbons (Fsp3) is 0.737. The first kappa shape index (κ1) is 23.1. The molecular formula is C19H34N4O3S2. The second-order valence-corrected chi connectivity index (χ2v) is 10.5. The third-order valence-corrected chi connectivity index (χ3v) is 7.22. The summed E-state index contributed by atoms with van der Waals surface area (Å²) in [5.41, 5.74) is -0.0653. The average molecular weight is 431 g/mol. The maximum Gasteiger partial charge on any atom is 0.213 e. The van der Waals surface area contributed by atoms with E-state index in [1.165, 1.54) is 4.88 Å². The van der Waals surface area contributed by atoms with Crippen molar-refractivity contribution in [2.75, 3.05) is 38.5 Å². The predicted molar refractivity (Wildman–Crippen MR) is 117 cm³/mol. The molecular weight excluding hydrogens is 396 g/mol. The first-order valence-electron chi connectivity index (χ1n) is 9.97. The van der Waals surface area contributed by atoms with Gasteiger partial charge in [0, 0.05) is 36.5 Å². The van der Waals surface area contributed by atoms with E-state index >= 15 is 0 Å². The molecule has 0 amide bonds. The van der Waals surface area contributed by atoms with E-state index in [2.05, 4.69) is 45.6 Å². The lowest BCUT2D eigenvalue weighted by Crippen LogP contribution is -2.43. The van der Waals surface area contributed by atoms with Crippen molar-refractivity contribution in [3.8, 4) is 0 Å². The summed E-state index contributed by atoms with van der Waals surface area (Å²) < 4.78 is 32.7. The molecule has 160 valence electrons. The lowest BCUT2D eigenvalue weighted by Gasteiger charge is -2.23. The zero-order valence-corrected chi connectivity index (χ0v) is 18.8. The number of guanidine groups is 1. The summed E-state index contributed by atoms with van der Waals surface area (Å²) in [5, 5.41) is 8.37. The van der Waals surface area contributed by atoms with Crippen molar-refractivity contribution in [1.82, 2.24) is 15.4 Å². The molecule has 1 saturated heterocycles. The number of nitrogens with zero attached hydrogens (tertiary/aromatic N) is 1. The van der Waals surface area contributed by atoms with E-state index in [0.29, 0.717) is 25.6 Å². The zero-order valence-electron chi connectivity index (χ0n) is 17.2. The van der Waals surface area contributed by atoms with Crippen LogP contribution in [0.15, 0.2) is 22.5 Å². The van der Waals surface area contributed by atoms with Crippen molar-refractivity contribution in [2.45, 2.75) is 51.6 Å². The molecule has 1 aromatic heterocycles. The second-order valence-electron chi connectivity index (χ2n) is 7.64. The van der Waals surface area contributed by atoms with E-state index in [1.807, 2.05) is 13.0 Å². The Hall–Kier alpha value is -1.16. The smallest absolute Gasteiger partial charge is 0.213 e. The van der Waals surface area contributed by atoms with Crippen LogP contribution in [0.1, 0.15) is 44.9 Å². The summed E-state index contributed by atoms with van der Waals surface area (Å²) in [7, 11) is -3.34. The SMILES string of the molecule is CCNC(=NCC(C)(C)c1cccs1)NCCS(=O)(=O)NCC1CCCCO1. The molecule has 0 bridgehead atoms. The Morgan fingerprint density at radius 2 is 2.18 bits per heavy atom. The molecule has 1 aromatic rings. The Morgan fingerprint density at radius 1 is 1.36 bits per heavy atom. The lowest BCUT2D eigenvalue weighted by molar-refractivity contribution is 0.0200. The van der Waals surface area contributed by atoms with Gasteiger partial charge in [-0.05, 0) is 37.6 Å². The highest BCUT2D eigenvalue weighted by Gasteiger charge is 2.22. The normalized spacial score (nSPS) is 18.8. The fourth-order valence-corrected chi connectivity index (χ4v) is 4.72. The topological polar surface area (TPSA) is 91.8 Å². The molecule has 28 heavy (non-hydrogen) atoms. The van der Waals surface area contributed by atoms with E-state index in [9.17, 15) is 8.42 Å². The molecule has 1 atom stereocenters. The monoisotopic (exact) mass is 430 g/mol. The predicted octanol–water partition coefficient (Wildman–Crippen LogP) is 2.07. The molecule has 0 radical (unpaired) electrons. The summed E-state index contributed by atoms with van der Waals surface area (Å²) in [6.45, 7) is 9.02. The summed E-state index contributed by atoms with van der Waals surface area (Å²) in [5.74, 6) is 0.635. The highest BCUT2D eigenvalue weighted by molar-refractivity contribution is 7.89. The second kappa shape index (κ2) is 11.1. The quantitative estimate of drug-likeness (QED) is 0.390. The molecule has 0 aromatic carbocycles. The van der Waals surface area contributed by atoms with E-state index in [-0.39, 0.29) is 17.3 Å². The van der Waals surface area contributed by atoms with E-state index in [4.69, 9.17) is 4.74 Å². The molecule has 1 aliphatic heterocycles. The fourth-order valence-electron chi connectivity index (χ4n) is 2.92. The maximum absolute atomic E-state index is 12.2. The van der Waals surface area contributed by atoms with Gasteiger partial charge in [-0.2, -0.15) is 0 Å². The molecule has 1 fully saturated rings. The molecule has 0 saturated carbocycles. The van der Waals surface area contributed by atoms with Gasteiger partial charge in [-0.3, -0.25) is 4.99 Å². The van der Waals surface area contributed by atoms with Crippen LogP contribution in [0.2, 0.25) is 0 Å². The zero-order chi connectivity index (χ0) is 20.5. The van der Waals surface area contributed by atoms with Gasteiger partial charge in [0.15, 0.2) is 5.96 Å². The Kier molecular flexibility index (Phi) is 9.20. The summed E-state index contributed by atoms with van der Waals surface area (Å²) >= 11 is 1.73. The Bertz CT molecular complexity index is 697. The van der Waals surface area contributed by atoms with Crippen LogP contribution in [-0.4, -0.2) is 59.0 Å². The van der Waals surface area contributed by atoms with Gasteiger partial charge < -0.3 is 15.4 Å². The number of hydrogen-bond acceptors (Lipinski definition) is 5. The largest absolute Gasteiger partial charge is 0.377 e. The van der Waals surface area contributed by atoms with Crippen LogP contribution < -0.4 is 15.4 Å². The first-order chi connectivity index (χ1) is 13.3. The Morgan fingerprint density at radius 3 is 2.82 bits per heavy atom. The van der Waals surface area contributed by atoms with Crippen LogP contribution in [0.4, 0.5) is 0 Å². The summed E-state index contributed by atoms with van der Waals surface area (Å²) in [6.07, 6.45) is 3.06. The lowest BCUT2D eigenvalue weighted by atomic mass is 9.92. The summed E-state index contributed by atoms with van der Waals surface area (Å²) in [6, 6.07) is 4.17. The van der Waals surface area contributed by atoms with Gasteiger partial charge in [0.25, 0.3) is 0 Å². The van der Waals surface area contributed by atoms with Gasteiger partial charge in [-0.1, -0.05) is 19.9 Å². The molecule has 1 aliphatic rings. The maximum atomic E-state index is 12.2.